The van der Waals surface area contributed by atoms with Crippen molar-refractivity contribution >= 4 is 5.78 Å². The first-order valence-corrected chi connectivity index (χ1v) is 5.96. The summed E-state index contributed by atoms with van der Waals surface area (Å²) >= 11 is 0. The monoisotopic (exact) mass is 242 g/mol. The van der Waals surface area contributed by atoms with E-state index in [2.05, 4.69) is 0 Å². The Hall–Kier alpha value is -1.96. The molecule has 0 bridgehead atoms. The van der Waals surface area contributed by atoms with Gasteiger partial charge in [-0.25, -0.2) is 4.39 Å². The molecular weight excluding hydrogens is 227 g/mol. The summed E-state index contributed by atoms with van der Waals surface area (Å²) in [5.74, 6) is -0.189. The van der Waals surface area contributed by atoms with Crippen molar-refractivity contribution in [3.63, 3.8) is 0 Å². The van der Waals surface area contributed by atoms with Crippen molar-refractivity contribution in [2.24, 2.45) is 0 Å². The van der Waals surface area contributed by atoms with Crippen LogP contribution in [0.1, 0.15) is 16.7 Å². The first-order valence-electron chi connectivity index (χ1n) is 5.96. The zero-order valence-electron chi connectivity index (χ0n) is 10.3. The van der Waals surface area contributed by atoms with Gasteiger partial charge in [-0.15, -0.1) is 0 Å². The molecule has 0 saturated heterocycles. The van der Waals surface area contributed by atoms with E-state index in [1.807, 2.05) is 31.2 Å². The van der Waals surface area contributed by atoms with Crippen LogP contribution >= 0.6 is 0 Å². The van der Waals surface area contributed by atoms with Crippen LogP contribution in [0.15, 0.2) is 48.5 Å². The Morgan fingerprint density at radius 3 is 2.56 bits per heavy atom. The van der Waals surface area contributed by atoms with Gasteiger partial charge in [0.05, 0.1) is 0 Å². The predicted octanol–water partition coefficient (Wildman–Crippen LogP) is 3.49. The van der Waals surface area contributed by atoms with Gasteiger partial charge in [0.15, 0.2) is 0 Å². The van der Waals surface area contributed by atoms with E-state index in [9.17, 15) is 9.18 Å². The van der Waals surface area contributed by atoms with Crippen molar-refractivity contribution in [3.8, 4) is 0 Å². The summed E-state index contributed by atoms with van der Waals surface area (Å²) in [4.78, 5) is 11.9. The fourth-order valence-corrected chi connectivity index (χ4v) is 1.96. The van der Waals surface area contributed by atoms with Crippen LogP contribution in [0.5, 0.6) is 0 Å². The van der Waals surface area contributed by atoms with Crippen molar-refractivity contribution in [2.75, 3.05) is 0 Å². The molecule has 0 spiro atoms. The second kappa shape index (κ2) is 5.58. The van der Waals surface area contributed by atoms with Gasteiger partial charge in [0.1, 0.15) is 11.6 Å². The van der Waals surface area contributed by atoms with Gasteiger partial charge in [-0.3, -0.25) is 4.79 Å². The van der Waals surface area contributed by atoms with Crippen LogP contribution in [0, 0.1) is 12.7 Å². The highest BCUT2D eigenvalue weighted by Crippen LogP contribution is 2.11. The van der Waals surface area contributed by atoms with Crippen LogP contribution in [-0.2, 0) is 17.6 Å². The standard InChI is InChI=1S/C16H15FO/c1-12-5-2-3-7-14(12)11-16(18)10-13-6-4-8-15(17)9-13/h2-9H,10-11H2,1H3. The third-order valence-corrected chi connectivity index (χ3v) is 2.94. The summed E-state index contributed by atoms with van der Waals surface area (Å²) in [6.07, 6.45) is 0.690. The number of carbonyl (C=O) groups excluding carboxylic acids is 1. The Morgan fingerprint density at radius 1 is 1.06 bits per heavy atom. The van der Waals surface area contributed by atoms with Gasteiger partial charge in [-0.2, -0.15) is 0 Å². The number of carbonyl (C=O) groups is 1. The molecule has 0 aliphatic rings. The summed E-state index contributed by atoms with van der Waals surface area (Å²) in [5, 5.41) is 0. The Bertz CT molecular complexity index is 561. The minimum absolute atomic E-state index is 0.106. The molecule has 0 heterocycles. The molecule has 2 aromatic rings. The van der Waals surface area contributed by atoms with E-state index in [1.165, 1.54) is 12.1 Å². The molecule has 1 nitrogen and oxygen atoms in total. The van der Waals surface area contributed by atoms with Gasteiger partial charge >= 0.3 is 0 Å². The van der Waals surface area contributed by atoms with Crippen molar-refractivity contribution < 1.29 is 9.18 Å². The minimum atomic E-state index is -0.295. The zero-order valence-corrected chi connectivity index (χ0v) is 10.3. The maximum absolute atomic E-state index is 13.0. The number of hydrogen-bond acceptors (Lipinski definition) is 1. The predicted molar refractivity (Wildman–Crippen MR) is 70.0 cm³/mol. The van der Waals surface area contributed by atoms with Crippen LogP contribution < -0.4 is 0 Å². The Labute approximate surface area is 106 Å². The molecule has 0 saturated carbocycles. The molecule has 0 fully saturated rings. The highest BCUT2D eigenvalue weighted by atomic mass is 19.1. The Balaban J connectivity index is 2.03. The van der Waals surface area contributed by atoms with E-state index in [-0.39, 0.29) is 18.0 Å². The average Bonchev–Trinajstić information content (AvgIpc) is 2.32. The lowest BCUT2D eigenvalue weighted by atomic mass is 9.99. The molecule has 2 aromatic carbocycles. The van der Waals surface area contributed by atoms with Gasteiger partial charge in [-0.05, 0) is 35.7 Å². The number of rotatable bonds is 4. The van der Waals surface area contributed by atoms with Crippen molar-refractivity contribution in [3.05, 3.63) is 71.0 Å². The van der Waals surface area contributed by atoms with Crippen LogP contribution in [-0.4, -0.2) is 5.78 Å². The maximum atomic E-state index is 13.0. The van der Waals surface area contributed by atoms with Crippen LogP contribution in [0.3, 0.4) is 0 Å². The van der Waals surface area contributed by atoms with Crippen molar-refractivity contribution in [1.82, 2.24) is 0 Å². The molecule has 0 aromatic heterocycles. The van der Waals surface area contributed by atoms with Gasteiger partial charge in [0, 0.05) is 12.8 Å². The van der Waals surface area contributed by atoms with Crippen LogP contribution in [0.25, 0.3) is 0 Å². The Morgan fingerprint density at radius 2 is 1.83 bits per heavy atom. The van der Waals surface area contributed by atoms with Gasteiger partial charge < -0.3 is 0 Å². The smallest absolute Gasteiger partial charge is 0.141 e. The lowest BCUT2D eigenvalue weighted by Gasteiger charge is -2.05. The third-order valence-electron chi connectivity index (χ3n) is 2.94. The molecule has 18 heavy (non-hydrogen) atoms. The van der Waals surface area contributed by atoms with Crippen molar-refractivity contribution in [2.45, 2.75) is 19.8 Å². The molecule has 0 aliphatic carbocycles. The summed E-state index contributed by atoms with van der Waals surface area (Å²) in [5.41, 5.74) is 2.89. The molecule has 0 atom stereocenters. The van der Waals surface area contributed by atoms with E-state index in [0.29, 0.717) is 6.42 Å². The number of aryl methyl sites for hydroxylation is 1. The molecule has 0 amide bonds. The molecule has 0 aliphatic heterocycles. The average molecular weight is 242 g/mol. The topological polar surface area (TPSA) is 17.1 Å². The molecule has 0 unspecified atom stereocenters. The fraction of sp³-hybridized carbons (Fsp3) is 0.188. The van der Waals surface area contributed by atoms with Crippen LogP contribution in [0.2, 0.25) is 0 Å². The van der Waals surface area contributed by atoms with Gasteiger partial charge in [-0.1, -0.05) is 36.4 Å². The first kappa shape index (κ1) is 12.5. The molecule has 92 valence electrons. The quantitative estimate of drug-likeness (QED) is 0.802. The molecule has 2 heteroatoms. The normalized spacial score (nSPS) is 10.3. The van der Waals surface area contributed by atoms with E-state index >= 15 is 0 Å². The number of Topliss-reactive ketones (excluding diaryl/α,β-unsaturated/α-hetero) is 1. The SMILES string of the molecule is Cc1ccccc1CC(=O)Cc1cccc(F)c1. The van der Waals surface area contributed by atoms with E-state index in [1.54, 1.807) is 12.1 Å². The summed E-state index contributed by atoms with van der Waals surface area (Å²) < 4.78 is 13.0. The summed E-state index contributed by atoms with van der Waals surface area (Å²) in [6, 6.07) is 14.0. The van der Waals surface area contributed by atoms with E-state index in [0.717, 1.165) is 16.7 Å². The zero-order chi connectivity index (χ0) is 13.0. The second-order valence-corrected chi connectivity index (χ2v) is 4.45. The Kier molecular flexibility index (Phi) is 3.88. The van der Waals surface area contributed by atoms with Gasteiger partial charge in [0.25, 0.3) is 0 Å². The second-order valence-electron chi connectivity index (χ2n) is 4.45. The van der Waals surface area contributed by atoms with Gasteiger partial charge in [0.2, 0.25) is 0 Å². The van der Waals surface area contributed by atoms with E-state index in [4.69, 9.17) is 0 Å². The third kappa shape index (κ3) is 3.27. The van der Waals surface area contributed by atoms with Crippen LogP contribution in [0.4, 0.5) is 4.39 Å². The number of ketones is 1. The molecule has 0 radical (unpaired) electrons. The molecule has 0 N–H and O–H groups in total. The number of hydrogen-bond donors (Lipinski definition) is 0. The van der Waals surface area contributed by atoms with Crippen molar-refractivity contribution in [1.29, 1.82) is 0 Å². The molecular formula is C16H15FO. The lowest BCUT2D eigenvalue weighted by Crippen LogP contribution is -2.07. The summed E-state index contributed by atoms with van der Waals surface area (Å²) in [6.45, 7) is 1.99. The fourth-order valence-electron chi connectivity index (χ4n) is 1.96. The largest absolute Gasteiger partial charge is 0.299 e. The maximum Gasteiger partial charge on any atom is 0.141 e. The number of benzene rings is 2. The minimum Gasteiger partial charge on any atom is -0.299 e. The number of halogens is 1. The molecule has 2 rings (SSSR count). The summed E-state index contributed by atoms with van der Waals surface area (Å²) in [7, 11) is 0. The highest BCUT2D eigenvalue weighted by Gasteiger charge is 2.07. The first-order chi connectivity index (χ1) is 8.65. The van der Waals surface area contributed by atoms with E-state index < -0.39 is 0 Å². The lowest BCUT2D eigenvalue weighted by molar-refractivity contribution is -0.117. The highest BCUT2D eigenvalue weighted by molar-refractivity contribution is 5.83.